The van der Waals surface area contributed by atoms with E-state index in [2.05, 4.69) is 41.5 Å². The molecule has 29 heavy (non-hydrogen) atoms. The van der Waals surface area contributed by atoms with Crippen LogP contribution in [0.25, 0.3) is 10.8 Å². The molecular weight excluding hydrogens is 518 g/mol. The number of hydrogen-bond donors (Lipinski definition) is 2. The van der Waals surface area contributed by atoms with Gasteiger partial charge < -0.3 is 5.73 Å². The smallest absolute Gasteiger partial charge is 0.240 e. The van der Waals surface area contributed by atoms with Crippen LogP contribution < -0.4 is 10.5 Å². The molecule has 1 saturated heterocycles. The third kappa shape index (κ3) is 4.67. The lowest BCUT2D eigenvalue weighted by Gasteiger charge is -2.19. The summed E-state index contributed by atoms with van der Waals surface area (Å²) in [5.41, 5.74) is 7.92. The number of sulfonamides is 1. The molecule has 5 nitrogen and oxygen atoms in total. The molecular formula is C21H21Br2N3O2S. The topological polar surface area (TPSA) is 75.4 Å². The first kappa shape index (κ1) is 20.8. The summed E-state index contributed by atoms with van der Waals surface area (Å²) in [6.45, 7) is 2.14. The van der Waals surface area contributed by atoms with Crippen molar-refractivity contribution in [2.75, 3.05) is 18.8 Å². The number of nitrogens with one attached hydrogen (secondary N) is 1. The molecule has 1 fully saturated rings. The Morgan fingerprint density at radius 1 is 1.07 bits per heavy atom. The highest BCUT2D eigenvalue weighted by atomic mass is 79.9. The van der Waals surface area contributed by atoms with Gasteiger partial charge in [-0.1, -0.05) is 46.3 Å². The third-order valence-corrected chi connectivity index (χ3v) is 7.83. The van der Waals surface area contributed by atoms with Crippen molar-refractivity contribution in [2.24, 2.45) is 0 Å². The summed E-state index contributed by atoms with van der Waals surface area (Å²) in [4.78, 5) is 2.52. The van der Waals surface area contributed by atoms with Gasteiger partial charge in [0.15, 0.2) is 0 Å². The van der Waals surface area contributed by atoms with Gasteiger partial charge in [0.25, 0.3) is 0 Å². The summed E-state index contributed by atoms with van der Waals surface area (Å²) in [6, 6.07) is 16.8. The first-order valence-electron chi connectivity index (χ1n) is 9.29. The van der Waals surface area contributed by atoms with Crippen LogP contribution in [0.1, 0.15) is 12.0 Å². The lowest BCUT2D eigenvalue weighted by Crippen LogP contribution is -2.37. The fraction of sp³-hybridized carbons (Fsp3) is 0.238. The van der Waals surface area contributed by atoms with E-state index in [1.54, 1.807) is 12.1 Å². The number of nitrogen functional groups attached to an aromatic ring is 1. The fourth-order valence-electron chi connectivity index (χ4n) is 3.70. The zero-order chi connectivity index (χ0) is 20.6. The second-order valence-electron chi connectivity index (χ2n) is 7.31. The first-order valence-corrected chi connectivity index (χ1v) is 12.4. The van der Waals surface area contributed by atoms with E-state index in [-0.39, 0.29) is 6.04 Å². The van der Waals surface area contributed by atoms with Crippen molar-refractivity contribution in [1.29, 1.82) is 0 Å². The SMILES string of the molecule is Nc1c(Br)cc(Br)cc1CN1CC[C@@H](NS(=O)(=O)c2ccc3ccccc3c2)C1. The van der Waals surface area contributed by atoms with Crippen LogP contribution in [0.5, 0.6) is 0 Å². The Morgan fingerprint density at radius 3 is 2.62 bits per heavy atom. The molecule has 0 unspecified atom stereocenters. The van der Waals surface area contributed by atoms with Crippen LogP contribution in [-0.4, -0.2) is 32.4 Å². The van der Waals surface area contributed by atoms with Crippen molar-refractivity contribution in [2.45, 2.75) is 23.9 Å². The van der Waals surface area contributed by atoms with Crippen LogP contribution in [0.3, 0.4) is 0 Å². The Kier molecular flexibility index (Phi) is 5.99. The van der Waals surface area contributed by atoms with E-state index in [0.29, 0.717) is 23.7 Å². The van der Waals surface area contributed by atoms with Gasteiger partial charge in [-0.15, -0.1) is 0 Å². The number of benzene rings is 3. The minimum Gasteiger partial charge on any atom is -0.398 e. The number of hydrogen-bond acceptors (Lipinski definition) is 4. The summed E-state index contributed by atoms with van der Waals surface area (Å²) < 4.78 is 30.4. The minimum absolute atomic E-state index is 0.122. The molecule has 3 aromatic carbocycles. The maximum atomic E-state index is 12.9. The second-order valence-corrected chi connectivity index (χ2v) is 10.8. The number of halogens is 2. The normalized spacial score (nSPS) is 17.8. The van der Waals surface area contributed by atoms with Crippen LogP contribution in [0.2, 0.25) is 0 Å². The van der Waals surface area contributed by atoms with Crippen LogP contribution in [0.4, 0.5) is 5.69 Å². The maximum Gasteiger partial charge on any atom is 0.240 e. The molecule has 0 radical (unpaired) electrons. The van der Waals surface area contributed by atoms with Gasteiger partial charge in [0, 0.05) is 34.6 Å². The maximum absolute atomic E-state index is 12.9. The zero-order valence-corrected chi connectivity index (χ0v) is 19.6. The van der Waals surface area contributed by atoms with Crippen molar-refractivity contribution in [3.63, 3.8) is 0 Å². The molecule has 3 aromatic rings. The summed E-state index contributed by atoms with van der Waals surface area (Å²) in [7, 11) is -3.57. The highest BCUT2D eigenvalue weighted by Gasteiger charge is 2.28. The van der Waals surface area contributed by atoms with Gasteiger partial charge in [-0.25, -0.2) is 13.1 Å². The van der Waals surface area contributed by atoms with E-state index < -0.39 is 10.0 Å². The van der Waals surface area contributed by atoms with E-state index >= 15 is 0 Å². The van der Waals surface area contributed by atoms with Crippen LogP contribution in [-0.2, 0) is 16.6 Å². The minimum atomic E-state index is -3.57. The van der Waals surface area contributed by atoms with Crippen LogP contribution >= 0.6 is 31.9 Å². The highest BCUT2D eigenvalue weighted by Crippen LogP contribution is 2.30. The summed E-state index contributed by atoms with van der Waals surface area (Å²) in [5, 5.41) is 1.94. The van der Waals surface area contributed by atoms with E-state index in [1.165, 1.54) is 0 Å². The van der Waals surface area contributed by atoms with Crippen LogP contribution in [0, 0.1) is 0 Å². The number of nitrogens with two attached hydrogens (primary N) is 1. The van der Waals surface area contributed by atoms with E-state index in [1.807, 2.05) is 42.5 Å². The number of rotatable bonds is 5. The van der Waals surface area contributed by atoms with Gasteiger partial charge in [-0.2, -0.15) is 0 Å². The molecule has 8 heteroatoms. The van der Waals surface area contributed by atoms with Crippen molar-refractivity contribution < 1.29 is 8.42 Å². The molecule has 152 valence electrons. The second kappa shape index (κ2) is 8.35. The van der Waals surface area contributed by atoms with Crippen LogP contribution in [0.15, 0.2) is 68.4 Å². The molecule has 0 saturated carbocycles. The first-order chi connectivity index (χ1) is 13.8. The lowest BCUT2D eigenvalue weighted by molar-refractivity contribution is 0.325. The lowest BCUT2D eigenvalue weighted by atomic mass is 10.1. The number of likely N-dealkylation sites (tertiary alicyclic amines) is 1. The molecule has 4 rings (SSSR count). The van der Waals surface area contributed by atoms with Crippen molar-refractivity contribution in [3.8, 4) is 0 Å². The Hall–Kier alpha value is -1.45. The van der Waals surface area contributed by atoms with Gasteiger partial charge in [0.2, 0.25) is 10.0 Å². The Labute approximate surface area is 187 Å². The summed E-state index contributed by atoms with van der Waals surface area (Å²) in [5.74, 6) is 0. The number of anilines is 1. The van der Waals surface area contributed by atoms with E-state index in [4.69, 9.17) is 5.73 Å². The quantitative estimate of drug-likeness (QED) is 0.469. The largest absolute Gasteiger partial charge is 0.398 e. The van der Waals surface area contributed by atoms with Crippen molar-refractivity contribution >= 4 is 58.3 Å². The molecule has 1 aliphatic rings. The predicted octanol–water partition coefficient (Wildman–Crippen LogP) is 4.50. The molecule has 1 aliphatic heterocycles. The number of nitrogens with zero attached hydrogens (tertiary/aromatic N) is 1. The Balaban J connectivity index is 1.45. The van der Waals surface area contributed by atoms with Gasteiger partial charge >= 0.3 is 0 Å². The van der Waals surface area contributed by atoms with Gasteiger partial charge in [0.1, 0.15) is 0 Å². The molecule has 0 spiro atoms. The van der Waals surface area contributed by atoms with Gasteiger partial charge in [-0.05, 0) is 63.0 Å². The van der Waals surface area contributed by atoms with Gasteiger partial charge in [0.05, 0.1) is 10.6 Å². The fourth-order valence-corrected chi connectivity index (χ4v) is 6.31. The molecule has 3 N–H and O–H groups in total. The van der Waals surface area contributed by atoms with E-state index in [0.717, 1.165) is 38.2 Å². The average Bonchev–Trinajstić information content (AvgIpc) is 3.11. The molecule has 0 bridgehead atoms. The number of fused-ring (bicyclic) bond motifs is 1. The Morgan fingerprint density at radius 2 is 1.83 bits per heavy atom. The highest BCUT2D eigenvalue weighted by molar-refractivity contribution is 9.11. The van der Waals surface area contributed by atoms with Gasteiger partial charge in [-0.3, -0.25) is 4.90 Å². The molecule has 0 aromatic heterocycles. The van der Waals surface area contributed by atoms with Crippen molar-refractivity contribution in [1.82, 2.24) is 9.62 Å². The summed E-state index contributed by atoms with van der Waals surface area (Å²) in [6.07, 6.45) is 0.766. The monoisotopic (exact) mass is 537 g/mol. The Bertz CT molecular complexity index is 1170. The van der Waals surface area contributed by atoms with Crippen molar-refractivity contribution in [3.05, 3.63) is 69.1 Å². The molecule has 1 heterocycles. The average molecular weight is 539 g/mol. The molecule has 1 atom stereocenters. The standard InChI is InChI=1S/C21H21Br2N3O2S/c22-17-9-16(21(24)20(23)11-17)12-26-8-7-18(13-26)25-29(27,28)19-6-5-14-3-1-2-4-15(14)10-19/h1-6,9-11,18,25H,7-8,12-13,24H2/t18-/m1/s1. The molecule has 0 aliphatic carbocycles. The zero-order valence-electron chi connectivity index (χ0n) is 15.6. The summed E-state index contributed by atoms with van der Waals surface area (Å²) >= 11 is 6.97. The third-order valence-electron chi connectivity index (χ3n) is 5.20. The van der Waals surface area contributed by atoms with E-state index in [9.17, 15) is 8.42 Å². The predicted molar refractivity (Wildman–Crippen MR) is 124 cm³/mol. The molecule has 0 amide bonds.